The highest BCUT2D eigenvalue weighted by Gasteiger charge is 2.39. The fraction of sp³-hybridized carbons (Fsp3) is 0.381. The number of hydrogen-bond acceptors (Lipinski definition) is 7. The zero-order valence-corrected chi connectivity index (χ0v) is 20.0. The molecule has 0 aliphatic carbocycles. The lowest BCUT2D eigenvalue weighted by atomic mass is 10.1. The van der Waals surface area contributed by atoms with E-state index in [9.17, 15) is 31.1 Å². The van der Waals surface area contributed by atoms with Gasteiger partial charge in [-0.25, -0.2) is 14.6 Å². The molecular weight excluding hydrogens is 546 g/mol. The molecule has 1 aliphatic rings. The van der Waals surface area contributed by atoms with Gasteiger partial charge in [-0.2, -0.15) is 31.4 Å². The smallest absolute Gasteiger partial charge is 0.475 e. The summed E-state index contributed by atoms with van der Waals surface area (Å²) in [5.41, 5.74) is 2.17. The summed E-state index contributed by atoms with van der Waals surface area (Å²) >= 11 is 0. The Morgan fingerprint density at radius 3 is 2.21 bits per heavy atom. The first-order chi connectivity index (χ1) is 18.1. The summed E-state index contributed by atoms with van der Waals surface area (Å²) in [4.78, 5) is 37.0. The minimum Gasteiger partial charge on any atom is -0.475 e. The maximum atomic E-state index is 12.7. The molecule has 0 fully saturated rings. The molecule has 3 aromatic rings. The molecule has 3 N–H and O–H groups in total. The number of alkyl halides is 6. The molecule has 12 nitrogen and oxygen atoms in total. The molecule has 4 rings (SSSR count). The number of carbonyl (C=O) groups excluding carboxylic acids is 1. The molecule has 1 atom stereocenters. The first-order valence-corrected chi connectivity index (χ1v) is 10.7. The Bertz CT molecular complexity index is 1210. The van der Waals surface area contributed by atoms with Crippen LogP contribution >= 0.6 is 0 Å². The van der Waals surface area contributed by atoms with E-state index in [1.807, 2.05) is 42.3 Å². The highest BCUT2D eigenvalue weighted by atomic mass is 19.4. The van der Waals surface area contributed by atoms with Crippen LogP contribution in [0.3, 0.4) is 0 Å². The first-order valence-electron chi connectivity index (χ1n) is 10.7. The number of aryl methyl sites for hydroxylation is 1. The number of rotatable bonds is 5. The largest absolute Gasteiger partial charge is 0.490 e. The SMILES string of the molecule is Cn1cc(CN2Cc3cncn3C(C(=O)NCc3ccco3)C2)cn1.O=C(O)C(F)(F)F.O=C(O)C(F)(F)F. The van der Waals surface area contributed by atoms with Crippen molar-refractivity contribution in [2.45, 2.75) is 38.0 Å². The van der Waals surface area contributed by atoms with Gasteiger partial charge >= 0.3 is 24.3 Å². The molecule has 4 heterocycles. The van der Waals surface area contributed by atoms with Gasteiger partial charge in [0.25, 0.3) is 0 Å². The van der Waals surface area contributed by atoms with Crippen molar-refractivity contribution in [1.29, 1.82) is 0 Å². The van der Waals surface area contributed by atoms with E-state index in [-0.39, 0.29) is 11.9 Å². The van der Waals surface area contributed by atoms with Gasteiger partial charge in [0, 0.05) is 44.6 Å². The monoisotopic (exact) mass is 568 g/mol. The van der Waals surface area contributed by atoms with Crippen LogP contribution in [-0.4, -0.2) is 71.2 Å². The lowest BCUT2D eigenvalue weighted by molar-refractivity contribution is -0.193. The van der Waals surface area contributed by atoms with Gasteiger partial charge in [0.1, 0.15) is 11.8 Å². The first kappa shape index (κ1) is 30.9. The van der Waals surface area contributed by atoms with Crippen LogP contribution in [0.5, 0.6) is 0 Å². The van der Waals surface area contributed by atoms with E-state index in [1.165, 1.54) is 0 Å². The summed E-state index contributed by atoms with van der Waals surface area (Å²) < 4.78 is 72.5. The Kier molecular flexibility index (Phi) is 10.2. The van der Waals surface area contributed by atoms with Crippen LogP contribution in [-0.2, 0) is 41.1 Å². The summed E-state index contributed by atoms with van der Waals surface area (Å²) in [5.74, 6) is -4.81. The van der Waals surface area contributed by atoms with Crippen molar-refractivity contribution in [3.63, 3.8) is 0 Å². The Hall–Kier alpha value is -4.35. The number of aromatic nitrogens is 4. The number of carboxylic acid groups (broad SMARTS) is 2. The minimum absolute atomic E-state index is 0.0356. The average molecular weight is 568 g/mol. The topological polar surface area (TPSA) is 156 Å². The second-order valence-electron chi connectivity index (χ2n) is 7.90. The number of carboxylic acids is 2. The molecule has 0 aromatic carbocycles. The van der Waals surface area contributed by atoms with E-state index in [2.05, 4.69) is 20.3 Å². The maximum absolute atomic E-state index is 12.7. The Morgan fingerprint density at radius 1 is 1.10 bits per heavy atom. The number of imidazole rings is 1. The number of amides is 1. The van der Waals surface area contributed by atoms with Gasteiger partial charge in [0.05, 0.1) is 31.0 Å². The Labute approximate surface area is 215 Å². The molecule has 1 aliphatic heterocycles. The molecule has 1 unspecified atom stereocenters. The van der Waals surface area contributed by atoms with Crippen LogP contribution in [0.2, 0.25) is 0 Å². The van der Waals surface area contributed by atoms with E-state index < -0.39 is 24.3 Å². The predicted octanol–water partition coefficient (Wildman–Crippen LogP) is 2.35. The third-order valence-corrected chi connectivity index (χ3v) is 4.87. The van der Waals surface area contributed by atoms with Gasteiger partial charge in [0.15, 0.2) is 0 Å². The molecule has 0 bridgehead atoms. The summed E-state index contributed by atoms with van der Waals surface area (Å²) in [7, 11) is 1.90. The van der Waals surface area contributed by atoms with Gasteiger partial charge in [-0.1, -0.05) is 0 Å². The molecular formula is C21H22F6N6O6. The number of nitrogens with one attached hydrogen (secondary N) is 1. The third-order valence-electron chi connectivity index (χ3n) is 4.87. The number of hydrogen-bond donors (Lipinski definition) is 3. The minimum atomic E-state index is -5.08. The number of fused-ring (bicyclic) bond motifs is 1. The molecule has 39 heavy (non-hydrogen) atoms. The summed E-state index contributed by atoms with van der Waals surface area (Å²) in [6.07, 6.45) is -1.16. The number of nitrogens with zero attached hydrogens (tertiary/aromatic N) is 5. The van der Waals surface area contributed by atoms with Crippen LogP contribution < -0.4 is 5.32 Å². The van der Waals surface area contributed by atoms with Crippen molar-refractivity contribution in [2.24, 2.45) is 7.05 Å². The summed E-state index contributed by atoms with van der Waals surface area (Å²) in [6, 6.07) is 3.35. The molecule has 1 amide bonds. The molecule has 214 valence electrons. The molecule has 3 aromatic heterocycles. The molecule has 18 heteroatoms. The van der Waals surface area contributed by atoms with Crippen molar-refractivity contribution in [2.75, 3.05) is 6.54 Å². The van der Waals surface area contributed by atoms with Gasteiger partial charge in [0.2, 0.25) is 5.91 Å². The highest BCUT2D eigenvalue weighted by Crippen LogP contribution is 2.23. The van der Waals surface area contributed by atoms with Crippen LogP contribution in [0.15, 0.2) is 47.7 Å². The summed E-state index contributed by atoms with van der Waals surface area (Å²) in [5, 5.41) is 21.4. The van der Waals surface area contributed by atoms with Crippen LogP contribution in [0.4, 0.5) is 26.3 Å². The van der Waals surface area contributed by atoms with Gasteiger partial charge in [-0.3, -0.25) is 14.4 Å². The fourth-order valence-electron chi connectivity index (χ4n) is 3.21. The van der Waals surface area contributed by atoms with Crippen molar-refractivity contribution < 1.29 is 55.4 Å². The fourth-order valence-corrected chi connectivity index (χ4v) is 3.21. The van der Waals surface area contributed by atoms with Crippen molar-refractivity contribution >= 4 is 17.8 Å². The van der Waals surface area contributed by atoms with Crippen LogP contribution in [0, 0.1) is 0 Å². The quantitative estimate of drug-likeness (QED) is 0.393. The predicted molar refractivity (Wildman–Crippen MR) is 117 cm³/mol. The third kappa shape index (κ3) is 9.80. The van der Waals surface area contributed by atoms with E-state index in [0.717, 1.165) is 30.1 Å². The zero-order chi connectivity index (χ0) is 29.4. The van der Waals surface area contributed by atoms with Crippen molar-refractivity contribution in [3.05, 3.63) is 60.3 Å². The normalized spacial score (nSPS) is 15.2. The lowest BCUT2D eigenvalue weighted by Gasteiger charge is -2.33. The zero-order valence-electron chi connectivity index (χ0n) is 20.0. The molecule has 0 radical (unpaired) electrons. The highest BCUT2D eigenvalue weighted by molar-refractivity contribution is 5.80. The Balaban J connectivity index is 0.000000317. The summed E-state index contributed by atoms with van der Waals surface area (Å²) in [6.45, 7) is 2.52. The molecule has 0 saturated heterocycles. The van der Waals surface area contributed by atoms with Crippen molar-refractivity contribution in [1.82, 2.24) is 29.5 Å². The average Bonchev–Trinajstić information content (AvgIpc) is 3.59. The van der Waals surface area contributed by atoms with Gasteiger partial charge in [-0.05, 0) is 12.1 Å². The van der Waals surface area contributed by atoms with Crippen molar-refractivity contribution in [3.8, 4) is 0 Å². The standard InChI is InChI=1S/C17H20N6O2.2C2HF3O2/c1-21-8-13(5-20-21)9-22-10-14-6-18-12-23(14)16(11-22)17(24)19-7-15-3-2-4-25-15;2*3-2(4,5)1(6)7/h2-6,8,12,16H,7,9-11H2,1H3,(H,19,24);2*(H,6,7). The molecule has 0 saturated carbocycles. The number of aliphatic carboxylic acids is 2. The van der Waals surface area contributed by atoms with E-state index in [0.29, 0.717) is 13.1 Å². The maximum Gasteiger partial charge on any atom is 0.490 e. The van der Waals surface area contributed by atoms with E-state index >= 15 is 0 Å². The van der Waals surface area contributed by atoms with E-state index in [4.69, 9.17) is 24.2 Å². The van der Waals surface area contributed by atoms with Gasteiger partial charge < -0.3 is 24.5 Å². The molecule has 0 spiro atoms. The number of furan rings is 1. The lowest BCUT2D eigenvalue weighted by Crippen LogP contribution is -2.43. The second-order valence-corrected chi connectivity index (χ2v) is 7.90. The van der Waals surface area contributed by atoms with Crippen LogP contribution in [0.1, 0.15) is 23.1 Å². The van der Waals surface area contributed by atoms with Crippen LogP contribution in [0.25, 0.3) is 0 Å². The Morgan fingerprint density at radius 2 is 1.72 bits per heavy atom. The number of carbonyl (C=O) groups is 3. The number of halogens is 6. The van der Waals surface area contributed by atoms with E-state index in [1.54, 1.807) is 17.3 Å². The van der Waals surface area contributed by atoms with Gasteiger partial charge in [-0.15, -0.1) is 0 Å². The second kappa shape index (κ2) is 12.9.